The molecule has 1 saturated carbocycles. The number of rotatable bonds is 5. The van der Waals surface area contributed by atoms with Crippen molar-refractivity contribution in [3.8, 4) is 0 Å². The number of aliphatic hydroxyl groups excluding tert-OH is 1. The summed E-state index contributed by atoms with van der Waals surface area (Å²) in [4.78, 5) is 27.4. The van der Waals surface area contributed by atoms with Gasteiger partial charge < -0.3 is 20.6 Å². The number of likely N-dealkylation sites (tertiary alicyclic amines) is 1. The fraction of sp³-hybridized carbons (Fsp3) is 0.478. The predicted molar refractivity (Wildman–Crippen MR) is 123 cm³/mol. The average molecular weight is 472 g/mol. The number of benzene rings is 1. The third-order valence-electron chi connectivity index (χ3n) is 6.61. The zero-order valence-electron chi connectivity index (χ0n) is 18.8. The number of nitrogens with zero attached hydrogens (tertiary/aromatic N) is 5. The maximum absolute atomic E-state index is 14.4. The number of carbonyl (C=O) groups excluding carboxylic acids is 1. The Hall–Kier alpha value is -3.34. The number of amides is 1. The fourth-order valence-electron chi connectivity index (χ4n) is 4.75. The van der Waals surface area contributed by atoms with Crippen LogP contribution in [0.1, 0.15) is 45.1 Å². The summed E-state index contributed by atoms with van der Waals surface area (Å²) in [6.07, 6.45) is 5.18. The van der Waals surface area contributed by atoms with Crippen LogP contribution < -0.4 is 10.6 Å². The molecule has 1 amide bonds. The van der Waals surface area contributed by atoms with Gasteiger partial charge in [-0.25, -0.2) is 18.7 Å². The maximum Gasteiger partial charge on any atom is 0.224 e. The smallest absolute Gasteiger partial charge is 0.224 e. The predicted octanol–water partition coefficient (Wildman–Crippen LogP) is 3.36. The molecule has 0 spiro atoms. The molecule has 9 nitrogen and oxygen atoms in total. The highest BCUT2D eigenvalue weighted by Crippen LogP contribution is 2.32. The number of carbonyl (C=O) groups is 1. The van der Waals surface area contributed by atoms with Gasteiger partial charge in [-0.2, -0.15) is 4.98 Å². The van der Waals surface area contributed by atoms with Gasteiger partial charge in [0.05, 0.1) is 24.0 Å². The summed E-state index contributed by atoms with van der Waals surface area (Å²) in [5.41, 5.74) is 1.18. The van der Waals surface area contributed by atoms with Gasteiger partial charge in [0.1, 0.15) is 17.2 Å². The summed E-state index contributed by atoms with van der Waals surface area (Å²) >= 11 is 0. The molecule has 2 aliphatic rings. The van der Waals surface area contributed by atoms with Crippen molar-refractivity contribution >= 4 is 34.7 Å². The summed E-state index contributed by atoms with van der Waals surface area (Å²) in [7, 11) is 0. The van der Waals surface area contributed by atoms with E-state index in [1.54, 1.807) is 11.1 Å². The lowest BCUT2D eigenvalue weighted by Gasteiger charge is -2.26. The summed E-state index contributed by atoms with van der Waals surface area (Å²) in [6.45, 7) is 2.62. The van der Waals surface area contributed by atoms with Crippen LogP contribution in [0.25, 0.3) is 11.2 Å². The summed E-state index contributed by atoms with van der Waals surface area (Å²) in [5, 5.41) is 16.1. The molecule has 3 N–H and O–H groups in total. The molecule has 1 aliphatic heterocycles. The number of aromatic nitrogens is 4. The average Bonchev–Trinajstić information content (AvgIpc) is 3.41. The van der Waals surface area contributed by atoms with E-state index in [2.05, 4.69) is 20.6 Å². The van der Waals surface area contributed by atoms with Crippen molar-refractivity contribution in [3.05, 3.63) is 36.0 Å². The molecular formula is C23H27F2N7O2. The van der Waals surface area contributed by atoms with Crippen LogP contribution in [0.2, 0.25) is 0 Å². The largest absolute Gasteiger partial charge is 0.393 e. The first-order valence-electron chi connectivity index (χ1n) is 11.5. The molecule has 0 bridgehead atoms. The second kappa shape index (κ2) is 9.13. The zero-order chi connectivity index (χ0) is 23.8. The van der Waals surface area contributed by atoms with Crippen LogP contribution in [0.15, 0.2) is 24.4 Å². The lowest BCUT2D eigenvalue weighted by atomic mass is 9.93. The topological polar surface area (TPSA) is 108 Å². The number of anilines is 3. The fourth-order valence-corrected chi connectivity index (χ4v) is 4.75. The van der Waals surface area contributed by atoms with Crippen molar-refractivity contribution in [2.24, 2.45) is 0 Å². The SMILES string of the molecule is CC(=O)N1CC[C@@H](n2c(Nc3ccc(F)cc3F)nc3cnc(N[C@H]4CC[C@H](O)CC4)nc32)C1. The molecule has 0 unspecified atom stereocenters. The second-order valence-corrected chi connectivity index (χ2v) is 9.01. The first kappa shape index (κ1) is 22.5. The van der Waals surface area contributed by atoms with Crippen LogP contribution in [0, 0.1) is 11.6 Å². The van der Waals surface area contributed by atoms with Crippen LogP contribution in [0.3, 0.4) is 0 Å². The molecule has 5 rings (SSSR count). The Morgan fingerprint density at radius 2 is 1.94 bits per heavy atom. The zero-order valence-corrected chi connectivity index (χ0v) is 18.8. The Kier molecular flexibility index (Phi) is 6.03. The highest BCUT2D eigenvalue weighted by atomic mass is 19.1. The molecule has 3 heterocycles. The van der Waals surface area contributed by atoms with Gasteiger partial charge in [0.2, 0.25) is 17.8 Å². The number of imidazole rings is 1. The highest BCUT2D eigenvalue weighted by molar-refractivity contribution is 5.77. The molecule has 2 aromatic heterocycles. The molecule has 11 heteroatoms. The minimum absolute atomic E-state index is 0.0116. The molecule has 1 atom stereocenters. The molecule has 1 aromatic carbocycles. The number of hydrogen-bond donors (Lipinski definition) is 3. The van der Waals surface area contributed by atoms with E-state index in [0.717, 1.165) is 31.7 Å². The Bertz CT molecular complexity index is 1210. The Labute approximate surface area is 195 Å². The molecule has 1 saturated heterocycles. The minimum Gasteiger partial charge on any atom is -0.393 e. The normalized spacial score (nSPS) is 22.8. The van der Waals surface area contributed by atoms with Crippen LogP contribution >= 0.6 is 0 Å². The van der Waals surface area contributed by atoms with Crippen molar-refractivity contribution in [2.45, 2.75) is 57.2 Å². The van der Waals surface area contributed by atoms with E-state index in [1.807, 2.05) is 4.57 Å². The summed E-state index contributed by atoms with van der Waals surface area (Å²) in [5.74, 6) is -0.605. The Morgan fingerprint density at radius 3 is 2.65 bits per heavy atom. The van der Waals surface area contributed by atoms with Crippen molar-refractivity contribution < 1.29 is 18.7 Å². The summed E-state index contributed by atoms with van der Waals surface area (Å²) in [6, 6.07) is 3.36. The third-order valence-corrected chi connectivity index (χ3v) is 6.61. The molecule has 34 heavy (non-hydrogen) atoms. The number of hydrogen-bond acceptors (Lipinski definition) is 7. The lowest BCUT2D eigenvalue weighted by Crippen LogP contribution is -2.29. The van der Waals surface area contributed by atoms with Crippen molar-refractivity contribution in [1.82, 2.24) is 24.4 Å². The standard InChI is InChI=1S/C23H27F2N7O2/c1-13(33)31-9-8-16(12-31)32-21-20(29-23(32)28-19-7-2-14(24)10-18(19)25)11-26-22(30-21)27-15-3-5-17(34)6-4-15/h2,7,10-11,15-17,34H,3-6,8-9,12H2,1H3,(H,28,29)(H,26,27,30)/t15-,16-,17-/m1/s1. The van der Waals surface area contributed by atoms with Gasteiger partial charge in [-0.1, -0.05) is 0 Å². The van der Waals surface area contributed by atoms with Crippen LogP contribution in [-0.2, 0) is 4.79 Å². The van der Waals surface area contributed by atoms with Gasteiger partial charge >= 0.3 is 0 Å². The van der Waals surface area contributed by atoms with E-state index >= 15 is 0 Å². The first-order chi connectivity index (χ1) is 16.4. The molecule has 2 fully saturated rings. The van der Waals surface area contributed by atoms with Gasteiger partial charge in [-0.15, -0.1) is 0 Å². The van der Waals surface area contributed by atoms with E-state index in [-0.39, 0.29) is 29.8 Å². The number of nitrogens with one attached hydrogen (secondary N) is 2. The Morgan fingerprint density at radius 1 is 1.15 bits per heavy atom. The van der Waals surface area contributed by atoms with Gasteiger partial charge in [-0.05, 0) is 44.2 Å². The third kappa shape index (κ3) is 4.52. The van der Waals surface area contributed by atoms with E-state index in [9.17, 15) is 18.7 Å². The van der Waals surface area contributed by atoms with Crippen LogP contribution in [0.5, 0.6) is 0 Å². The van der Waals surface area contributed by atoms with E-state index in [1.165, 1.54) is 19.1 Å². The molecule has 180 valence electrons. The van der Waals surface area contributed by atoms with Crippen LogP contribution in [0.4, 0.5) is 26.4 Å². The van der Waals surface area contributed by atoms with Crippen molar-refractivity contribution in [3.63, 3.8) is 0 Å². The van der Waals surface area contributed by atoms with Crippen molar-refractivity contribution in [2.75, 3.05) is 23.7 Å². The molecule has 3 aromatic rings. The van der Waals surface area contributed by atoms with E-state index < -0.39 is 11.6 Å². The monoisotopic (exact) mass is 471 g/mol. The Balaban J connectivity index is 1.50. The second-order valence-electron chi connectivity index (χ2n) is 9.01. The van der Waals surface area contributed by atoms with Gasteiger partial charge in [0.15, 0.2) is 5.65 Å². The minimum atomic E-state index is -0.733. The number of fused-ring (bicyclic) bond motifs is 1. The van der Waals surface area contributed by atoms with Crippen molar-refractivity contribution in [1.29, 1.82) is 0 Å². The van der Waals surface area contributed by atoms with Gasteiger partial charge in [-0.3, -0.25) is 9.36 Å². The molecule has 0 radical (unpaired) electrons. The number of halogens is 2. The van der Waals surface area contributed by atoms with Gasteiger partial charge in [0.25, 0.3) is 0 Å². The quantitative estimate of drug-likeness (QED) is 0.524. The maximum atomic E-state index is 14.4. The van der Waals surface area contributed by atoms with Gasteiger partial charge in [0, 0.05) is 32.1 Å². The lowest BCUT2D eigenvalue weighted by molar-refractivity contribution is -0.127. The van der Waals surface area contributed by atoms with E-state index in [0.29, 0.717) is 42.6 Å². The molecule has 1 aliphatic carbocycles. The molecular weight excluding hydrogens is 444 g/mol. The highest BCUT2D eigenvalue weighted by Gasteiger charge is 2.30. The van der Waals surface area contributed by atoms with E-state index in [4.69, 9.17) is 4.98 Å². The first-order valence-corrected chi connectivity index (χ1v) is 11.5. The van der Waals surface area contributed by atoms with Crippen LogP contribution in [-0.4, -0.2) is 60.7 Å². The number of aliphatic hydroxyl groups is 1. The summed E-state index contributed by atoms with van der Waals surface area (Å²) < 4.78 is 29.6.